The highest BCUT2D eigenvalue weighted by atomic mass is 16.6. The van der Waals surface area contributed by atoms with Crippen LogP contribution in [0.1, 0.15) is 20.8 Å². The number of hydrogen-bond acceptors (Lipinski definition) is 3. The summed E-state index contributed by atoms with van der Waals surface area (Å²) in [7, 11) is 0. The Balaban J connectivity index is 3.30. The third kappa shape index (κ3) is 5.14. The molecule has 0 heterocycles. The smallest absolute Gasteiger partial charge is 0.222 e. The molecule has 0 aromatic heterocycles. The fraction of sp³-hybridized carbons (Fsp3) is 0.833. The van der Waals surface area contributed by atoms with Crippen LogP contribution in [0.25, 0.3) is 0 Å². The van der Waals surface area contributed by atoms with Gasteiger partial charge in [-0.15, -0.1) is 0 Å². The standard InChI is InChI=1S/C6H13NO2/c1-4-8-6(3)7-9-5-2/h4-5H2,1-3H3. The van der Waals surface area contributed by atoms with Crippen molar-refractivity contribution >= 4 is 5.90 Å². The van der Waals surface area contributed by atoms with E-state index in [-0.39, 0.29) is 0 Å². The Labute approximate surface area is 55.6 Å². The molecule has 54 valence electrons. The summed E-state index contributed by atoms with van der Waals surface area (Å²) >= 11 is 0. The summed E-state index contributed by atoms with van der Waals surface area (Å²) in [5, 5.41) is 3.63. The second-order valence-corrected chi connectivity index (χ2v) is 1.46. The Bertz CT molecular complexity index is 91.1. The Hall–Kier alpha value is -0.730. The molecule has 0 bridgehead atoms. The lowest BCUT2D eigenvalue weighted by Crippen LogP contribution is -1.99. The van der Waals surface area contributed by atoms with E-state index in [1.165, 1.54) is 0 Å². The first kappa shape index (κ1) is 8.27. The molecular formula is C6H13NO2. The maximum absolute atomic E-state index is 4.97. The van der Waals surface area contributed by atoms with Crippen LogP contribution >= 0.6 is 0 Å². The maximum Gasteiger partial charge on any atom is 0.222 e. The zero-order valence-electron chi connectivity index (χ0n) is 6.18. The first-order chi connectivity index (χ1) is 4.31. The van der Waals surface area contributed by atoms with Crippen LogP contribution in [0.3, 0.4) is 0 Å². The molecule has 0 rings (SSSR count). The Kier molecular flexibility index (Phi) is 4.97. The normalized spacial score (nSPS) is 11.2. The van der Waals surface area contributed by atoms with Crippen LogP contribution in [-0.2, 0) is 9.57 Å². The molecule has 0 radical (unpaired) electrons. The third-order valence-corrected chi connectivity index (χ3v) is 0.675. The van der Waals surface area contributed by atoms with E-state index in [0.717, 1.165) is 0 Å². The van der Waals surface area contributed by atoms with Gasteiger partial charge in [-0.05, 0) is 13.8 Å². The lowest BCUT2D eigenvalue weighted by atomic mass is 10.7. The van der Waals surface area contributed by atoms with Crippen molar-refractivity contribution in [3.8, 4) is 0 Å². The van der Waals surface area contributed by atoms with E-state index in [1.807, 2.05) is 13.8 Å². The molecule has 0 aliphatic heterocycles. The topological polar surface area (TPSA) is 30.8 Å². The molecule has 0 unspecified atom stereocenters. The van der Waals surface area contributed by atoms with Gasteiger partial charge in [0.1, 0.15) is 6.61 Å². The molecule has 3 nitrogen and oxygen atoms in total. The summed E-state index contributed by atoms with van der Waals surface area (Å²) in [5.74, 6) is 0.583. The molecule has 0 aromatic carbocycles. The van der Waals surface area contributed by atoms with Gasteiger partial charge in [0.15, 0.2) is 0 Å². The van der Waals surface area contributed by atoms with Crippen molar-refractivity contribution in [2.24, 2.45) is 5.16 Å². The van der Waals surface area contributed by atoms with Gasteiger partial charge >= 0.3 is 0 Å². The van der Waals surface area contributed by atoms with Crippen LogP contribution in [0.15, 0.2) is 5.16 Å². The van der Waals surface area contributed by atoms with Gasteiger partial charge in [-0.25, -0.2) is 0 Å². The van der Waals surface area contributed by atoms with E-state index < -0.39 is 0 Å². The van der Waals surface area contributed by atoms with Gasteiger partial charge in [0.25, 0.3) is 0 Å². The second kappa shape index (κ2) is 5.41. The number of ether oxygens (including phenoxy) is 1. The quantitative estimate of drug-likeness (QED) is 0.329. The summed E-state index contributed by atoms with van der Waals surface area (Å²) in [6.07, 6.45) is 0. The predicted molar refractivity (Wildman–Crippen MR) is 36.4 cm³/mol. The van der Waals surface area contributed by atoms with Gasteiger partial charge in [0, 0.05) is 6.92 Å². The van der Waals surface area contributed by atoms with E-state index in [4.69, 9.17) is 9.57 Å². The number of hydrogen-bond donors (Lipinski definition) is 0. The third-order valence-electron chi connectivity index (χ3n) is 0.675. The average molecular weight is 131 g/mol. The molecule has 0 N–H and O–H groups in total. The van der Waals surface area contributed by atoms with Crippen molar-refractivity contribution in [1.82, 2.24) is 0 Å². The molecule has 3 heteroatoms. The summed E-state index contributed by atoms with van der Waals surface area (Å²) in [6.45, 7) is 6.78. The first-order valence-electron chi connectivity index (χ1n) is 3.10. The van der Waals surface area contributed by atoms with Gasteiger partial charge in [-0.3, -0.25) is 0 Å². The maximum atomic E-state index is 4.97. The molecule has 0 amide bonds. The van der Waals surface area contributed by atoms with Crippen LogP contribution in [-0.4, -0.2) is 19.1 Å². The van der Waals surface area contributed by atoms with Crippen LogP contribution in [0.2, 0.25) is 0 Å². The molecule has 0 atom stereocenters. The lowest BCUT2D eigenvalue weighted by Gasteiger charge is -1.99. The van der Waals surface area contributed by atoms with E-state index >= 15 is 0 Å². The molecule has 0 fully saturated rings. The highest BCUT2D eigenvalue weighted by Crippen LogP contribution is 1.82. The van der Waals surface area contributed by atoms with Crippen LogP contribution in [0, 0.1) is 0 Å². The molecule has 0 saturated heterocycles. The van der Waals surface area contributed by atoms with Crippen molar-refractivity contribution < 1.29 is 9.57 Å². The van der Waals surface area contributed by atoms with Crippen molar-refractivity contribution in [1.29, 1.82) is 0 Å². The lowest BCUT2D eigenvalue weighted by molar-refractivity contribution is 0.145. The average Bonchev–Trinajstić information content (AvgIpc) is 1.85. The van der Waals surface area contributed by atoms with Crippen molar-refractivity contribution in [2.75, 3.05) is 13.2 Å². The number of nitrogens with zero attached hydrogens (tertiary/aromatic N) is 1. The molecule has 0 saturated carbocycles. The summed E-state index contributed by atoms with van der Waals surface area (Å²) in [6, 6.07) is 0. The summed E-state index contributed by atoms with van der Waals surface area (Å²) < 4.78 is 4.97. The molecule has 0 aliphatic rings. The highest BCUT2D eigenvalue weighted by molar-refractivity contribution is 5.72. The summed E-state index contributed by atoms with van der Waals surface area (Å²) in [5.41, 5.74) is 0. The fourth-order valence-corrected chi connectivity index (χ4v) is 0.391. The van der Waals surface area contributed by atoms with Crippen molar-refractivity contribution in [3.05, 3.63) is 0 Å². The van der Waals surface area contributed by atoms with E-state index in [0.29, 0.717) is 19.1 Å². The largest absolute Gasteiger partial charge is 0.479 e. The predicted octanol–water partition coefficient (Wildman–Crippen LogP) is 1.39. The second-order valence-electron chi connectivity index (χ2n) is 1.46. The fourth-order valence-electron chi connectivity index (χ4n) is 0.391. The van der Waals surface area contributed by atoms with Crippen molar-refractivity contribution in [3.63, 3.8) is 0 Å². The van der Waals surface area contributed by atoms with Gasteiger partial charge < -0.3 is 9.57 Å². The van der Waals surface area contributed by atoms with E-state index in [1.54, 1.807) is 6.92 Å². The minimum absolute atomic E-state index is 0.583. The number of rotatable bonds is 3. The van der Waals surface area contributed by atoms with Crippen LogP contribution in [0.4, 0.5) is 0 Å². The molecule has 0 spiro atoms. The monoisotopic (exact) mass is 131 g/mol. The van der Waals surface area contributed by atoms with Crippen molar-refractivity contribution in [2.45, 2.75) is 20.8 Å². The van der Waals surface area contributed by atoms with Gasteiger partial charge in [-0.2, -0.15) is 0 Å². The van der Waals surface area contributed by atoms with Gasteiger partial charge in [-0.1, -0.05) is 5.16 Å². The minimum atomic E-state index is 0.583. The molecular weight excluding hydrogens is 118 g/mol. The van der Waals surface area contributed by atoms with Gasteiger partial charge in [0.2, 0.25) is 5.90 Å². The SMILES string of the molecule is CCON=C(C)OCC. The van der Waals surface area contributed by atoms with E-state index in [9.17, 15) is 0 Å². The zero-order chi connectivity index (χ0) is 7.11. The minimum Gasteiger partial charge on any atom is -0.479 e. The van der Waals surface area contributed by atoms with Gasteiger partial charge in [0.05, 0.1) is 6.61 Å². The molecule has 0 aliphatic carbocycles. The first-order valence-corrected chi connectivity index (χ1v) is 3.10. The highest BCUT2D eigenvalue weighted by Gasteiger charge is 1.85. The molecule has 9 heavy (non-hydrogen) atoms. The Morgan fingerprint density at radius 2 is 2.00 bits per heavy atom. The Morgan fingerprint density at radius 1 is 1.33 bits per heavy atom. The van der Waals surface area contributed by atoms with Crippen LogP contribution < -0.4 is 0 Å². The Morgan fingerprint density at radius 3 is 2.44 bits per heavy atom. The number of oxime groups is 1. The molecule has 0 aromatic rings. The van der Waals surface area contributed by atoms with E-state index in [2.05, 4.69) is 5.16 Å². The van der Waals surface area contributed by atoms with Crippen LogP contribution in [0.5, 0.6) is 0 Å². The summed E-state index contributed by atoms with van der Waals surface area (Å²) in [4.78, 5) is 4.71. The zero-order valence-corrected chi connectivity index (χ0v) is 6.18.